The van der Waals surface area contributed by atoms with E-state index in [1.807, 2.05) is 0 Å². The minimum atomic E-state index is -0.690. The van der Waals surface area contributed by atoms with Crippen molar-refractivity contribution in [3.63, 3.8) is 0 Å². The third-order valence-corrected chi connectivity index (χ3v) is 2.45. The number of rotatable bonds is 3. The summed E-state index contributed by atoms with van der Waals surface area (Å²) in [5, 5.41) is 9.50. The molecule has 2 rings (SSSR count). The summed E-state index contributed by atoms with van der Waals surface area (Å²) in [6, 6.07) is 5.04. The highest BCUT2D eigenvalue weighted by Crippen LogP contribution is 2.35. The number of nitrogens with two attached hydrogens (primary N) is 1. The number of benzene rings is 1. The van der Waals surface area contributed by atoms with Crippen LogP contribution in [0.2, 0.25) is 0 Å². The van der Waals surface area contributed by atoms with E-state index in [0.29, 0.717) is 11.5 Å². The first kappa shape index (κ1) is 10.8. The number of fused-ring (bicyclic) bond motifs is 1. The van der Waals surface area contributed by atoms with E-state index in [1.54, 1.807) is 25.1 Å². The number of aliphatic hydroxyl groups is 1. The van der Waals surface area contributed by atoms with Gasteiger partial charge in [-0.15, -0.1) is 0 Å². The Morgan fingerprint density at radius 2 is 2.44 bits per heavy atom. The molecule has 86 valence electrons. The van der Waals surface area contributed by atoms with Crippen LogP contribution in [0.4, 0.5) is 0 Å². The maximum Gasteiger partial charge on any atom is 0.258 e. The largest absolute Gasteiger partial charge is 0.490 e. The van der Waals surface area contributed by atoms with Gasteiger partial charge in [0.05, 0.1) is 0 Å². The van der Waals surface area contributed by atoms with Crippen molar-refractivity contribution in [2.75, 3.05) is 6.61 Å². The first-order valence-corrected chi connectivity index (χ1v) is 4.98. The molecule has 16 heavy (non-hydrogen) atoms. The SMILES string of the molecule is CC(Oc1ccc2c(c1)OCC2O)C(N)=O. The molecule has 0 saturated heterocycles. The predicted molar refractivity (Wildman–Crippen MR) is 56.2 cm³/mol. The first-order valence-electron chi connectivity index (χ1n) is 4.98. The smallest absolute Gasteiger partial charge is 0.258 e. The molecule has 0 spiro atoms. The number of carbonyl (C=O) groups is 1. The summed E-state index contributed by atoms with van der Waals surface area (Å²) in [7, 11) is 0. The maximum atomic E-state index is 10.8. The lowest BCUT2D eigenvalue weighted by atomic mass is 10.1. The lowest BCUT2D eigenvalue weighted by molar-refractivity contribution is -0.123. The van der Waals surface area contributed by atoms with Gasteiger partial charge in [0.2, 0.25) is 0 Å². The predicted octanol–water partition coefficient (Wildman–Crippen LogP) is 0.365. The minimum absolute atomic E-state index is 0.254. The topological polar surface area (TPSA) is 81.8 Å². The van der Waals surface area contributed by atoms with Crippen molar-refractivity contribution in [2.45, 2.75) is 19.1 Å². The third kappa shape index (κ3) is 1.94. The van der Waals surface area contributed by atoms with Crippen LogP contribution in [0.25, 0.3) is 0 Å². The van der Waals surface area contributed by atoms with Gasteiger partial charge in [0.25, 0.3) is 5.91 Å². The van der Waals surface area contributed by atoms with E-state index in [9.17, 15) is 9.90 Å². The molecule has 5 nitrogen and oxygen atoms in total. The molecule has 0 saturated carbocycles. The van der Waals surface area contributed by atoms with Gasteiger partial charge < -0.3 is 20.3 Å². The molecule has 1 aromatic carbocycles. The number of primary amides is 1. The van der Waals surface area contributed by atoms with Gasteiger partial charge in [-0.05, 0) is 19.1 Å². The molecule has 0 fully saturated rings. The normalized spacial score (nSPS) is 19.8. The van der Waals surface area contributed by atoms with E-state index in [2.05, 4.69) is 0 Å². The summed E-state index contributed by atoms with van der Waals surface area (Å²) in [6.45, 7) is 1.83. The zero-order valence-electron chi connectivity index (χ0n) is 8.84. The molecule has 1 aliphatic heterocycles. The second kappa shape index (κ2) is 4.02. The van der Waals surface area contributed by atoms with Gasteiger partial charge in [0.1, 0.15) is 24.2 Å². The van der Waals surface area contributed by atoms with Gasteiger partial charge in [0.15, 0.2) is 6.10 Å². The molecule has 1 amide bonds. The van der Waals surface area contributed by atoms with Crippen LogP contribution in [0.15, 0.2) is 18.2 Å². The van der Waals surface area contributed by atoms with Gasteiger partial charge in [-0.2, -0.15) is 0 Å². The Morgan fingerprint density at radius 3 is 3.12 bits per heavy atom. The average molecular weight is 223 g/mol. The lowest BCUT2D eigenvalue weighted by Gasteiger charge is -2.11. The molecular weight excluding hydrogens is 210 g/mol. The van der Waals surface area contributed by atoms with Crippen molar-refractivity contribution in [1.82, 2.24) is 0 Å². The standard InChI is InChI=1S/C11H13NO4/c1-6(11(12)14)16-7-2-3-8-9(13)5-15-10(8)4-7/h2-4,6,9,13H,5H2,1H3,(H2,12,14). The zero-order chi connectivity index (χ0) is 11.7. The van der Waals surface area contributed by atoms with E-state index >= 15 is 0 Å². The Balaban J connectivity index is 2.16. The Morgan fingerprint density at radius 1 is 1.69 bits per heavy atom. The molecule has 3 N–H and O–H groups in total. The lowest BCUT2D eigenvalue weighted by Crippen LogP contribution is -2.30. The highest BCUT2D eigenvalue weighted by atomic mass is 16.5. The Labute approximate surface area is 92.8 Å². The van der Waals surface area contributed by atoms with Gasteiger partial charge in [-0.1, -0.05) is 0 Å². The highest BCUT2D eigenvalue weighted by molar-refractivity contribution is 5.78. The van der Waals surface area contributed by atoms with Crippen LogP contribution < -0.4 is 15.2 Å². The molecule has 1 heterocycles. The summed E-state index contributed by atoms with van der Waals surface area (Å²) in [4.78, 5) is 10.8. The Kier molecular flexibility index (Phi) is 2.70. The van der Waals surface area contributed by atoms with Crippen LogP contribution >= 0.6 is 0 Å². The van der Waals surface area contributed by atoms with Crippen molar-refractivity contribution >= 4 is 5.91 Å². The van der Waals surface area contributed by atoms with Gasteiger partial charge >= 0.3 is 0 Å². The molecule has 2 atom stereocenters. The summed E-state index contributed by atoms with van der Waals surface area (Å²) in [5.41, 5.74) is 5.82. The second-order valence-electron chi connectivity index (χ2n) is 3.69. The minimum Gasteiger partial charge on any atom is -0.490 e. The fourth-order valence-corrected chi connectivity index (χ4v) is 1.51. The third-order valence-electron chi connectivity index (χ3n) is 2.45. The van der Waals surface area contributed by atoms with Crippen LogP contribution in [0.3, 0.4) is 0 Å². The summed E-state index contributed by atoms with van der Waals surface area (Å²) in [5.74, 6) is 0.558. The molecule has 2 unspecified atom stereocenters. The molecule has 0 aliphatic carbocycles. The number of ether oxygens (including phenoxy) is 2. The summed E-state index contributed by atoms with van der Waals surface area (Å²) < 4.78 is 10.5. The van der Waals surface area contributed by atoms with Crippen molar-refractivity contribution in [3.8, 4) is 11.5 Å². The van der Waals surface area contributed by atoms with Crippen molar-refractivity contribution < 1.29 is 19.4 Å². The van der Waals surface area contributed by atoms with Crippen molar-refractivity contribution in [1.29, 1.82) is 0 Å². The van der Waals surface area contributed by atoms with E-state index in [-0.39, 0.29) is 6.61 Å². The highest BCUT2D eigenvalue weighted by Gasteiger charge is 2.22. The number of carbonyl (C=O) groups excluding carboxylic acids is 1. The molecule has 0 radical (unpaired) electrons. The molecule has 5 heteroatoms. The van der Waals surface area contributed by atoms with Gasteiger partial charge in [-0.25, -0.2) is 0 Å². The van der Waals surface area contributed by atoms with Crippen LogP contribution in [0.1, 0.15) is 18.6 Å². The number of aliphatic hydroxyl groups excluding tert-OH is 1. The molecule has 1 aromatic rings. The van der Waals surface area contributed by atoms with E-state index in [4.69, 9.17) is 15.2 Å². The van der Waals surface area contributed by atoms with Crippen LogP contribution in [0, 0.1) is 0 Å². The molecule has 0 aromatic heterocycles. The van der Waals surface area contributed by atoms with E-state index in [0.717, 1.165) is 5.56 Å². The second-order valence-corrected chi connectivity index (χ2v) is 3.69. The fraction of sp³-hybridized carbons (Fsp3) is 0.364. The van der Waals surface area contributed by atoms with E-state index < -0.39 is 18.1 Å². The van der Waals surface area contributed by atoms with Crippen LogP contribution in [-0.2, 0) is 4.79 Å². The number of hydrogen-bond donors (Lipinski definition) is 2. The maximum absolute atomic E-state index is 10.8. The molecular formula is C11H13NO4. The Hall–Kier alpha value is -1.75. The van der Waals surface area contributed by atoms with Gasteiger partial charge in [-0.3, -0.25) is 4.79 Å². The van der Waals surface area contributed by atoms with E-state index in [1.165, 1.54) is 0 Å². The average Bonchev–Trinajstić information content (AvgIpc) is 2.60. The van der Waals surface area contributed by atoms with Crippen LogP contribution in [0.5, 0.6) is 11.5 Å². The number of hydrogen-bond acceptors (Lipinski definition) is 4. The molecule has 1 aliphatic rings. The fourth-order valence-electron chi connectivity index (χ4n) is 1.51. The zero-order valence-corrected chi connectivity index (χ0v) is 8.84. The number of amides is 1. The molecule has 0 bridgehead atoms. The first-order chi connectivity index (χ1) is 7.58. The quantitative estimate of drug-likeness (QED) is 0.775. The van der Waals surface area contributed by atoms with Crippen LogP contribution in [-0.4, -0.2) is 23.7 Å². The monoisotopic (exact) mass is 223 g/mol. The van der Waals surface area contributed by atoms with Crippen molar-refractivity contribution in [3.05, 3.63) is 23.8 Å². The summed E-state index contributed by atoms with van der Waals surface area (Å²) in [6.07, 6.45) is -1.28. The van der Waals surface area contributed by atoms with Gasteiger partial charge in [0, 0.05) is 11.6 Å². The Bertz CT molecular complexity index is 418. The summed E-state index contributed by atoms with van der Waals surface area (Å²) >= 11 is 0. The van der Waals surface area contributed by atoms with Crippen molar-refractivity contribution in [2.24, 2.45) is 5.73 Å².